The lowest BCUT2D eigenvalue weighted by Crippen LogP contribution is -2.26. The molecule has 0 radical (unpaired) electrons. The Morgan fingerprint density at radius 3 is 2.21 bits per heavy atom. The van der Waals surface area contributed by atoms with Gasteiger partial charge in [0.25, 0.3) is 5.91 Å². The molecule has 0 heterocycles. The fourth-order valence-corrected chi connectivity index (χ4v) is 3.77. The Balaban J connectivity index is 1.95. The number of benzene rings is 2. The highest BCUT2D eigenvalue weighted by Gasteiger charge is 2.13. The summed E-state index contributed by atoms with van der Waals surface area (Å²) in [5.41, 5.74) is 1.42. The van der Waals surface area contributed by atoms with E-state index in [9.17, 15) is 13.2 Å². The molecule has 2 aromatic rings. The van der Waals surface area contributed by atoms with E-state index in [1.807, 2.05) is 32.0 Å². The van der Waals surface area contributed by atoms with Gasteiger partial charge in [-0.15, -0.1) is 0 Å². The molecule has 158 valence electrons. The molecule has 0 atom stereocenters. The van der Waals surface area contributed by atoms with E-state index < -0.39 is 10.0 Å². The van der Waals surface area contributed by atoms with E-state index in [2.05, 4.69) is 10.0 Å². The monoisotopic (exact) mass is 420 g/mol. The summed E-state index contributed by atoms with van der Waals surface area (Å²) in [4.78, 5) is 12.4. The van der Waals surface area contributed by atoms with E-state index in [-0.39, 0.29) is 10.8 Å². The molecule has 0 saturated carbocycles. The maximum Gasteiger partial charge on any atom is 0.251 e. The van der Waals surface area contributed by atoms with Gasteiger partial charge in [0.05, 0.1) is 18.1 Å². The maximum absolute atomic E-state index is 12.3. The van der Waals surface area contributed by atoms with Crippen molar-refractivity contribution in [2.45, 2.75) is 32.1 Å². The van der Waals surface area contributed by atoms with Crippen LogP contribution in [0.2, 0.25) is 0 Å². The van der Waals surface area contributed by atoms with Gasteiger partial charge in [-0.2, -0.15) is 0 Å². The van der Waals surface area contributed by atoms with Crippen molar-refractivity contribution in [2.75, 3.05) is 26.3 Å². The van der Waals surface area contributed by atoms with Gasteiger partial charge in [-0.25, -0.2) is 13.1 Å². The molecular formula is C21H28N2O5S. The predicted molar refractivity (Wildman–Crippen MR) is 112 cm³/mol. The zero-order chi connectivity index (χ0) is 21.3. The van der Waals surface area contributed by atoms with Crippen molar-refractivity contribution in [3.63, 3.8) is 0 Å². The number of rotatable bonds is 11. The normalized spacial score (nSPS) is 11.1. The molecule has 0 aliphatic carbocycles. The van der Waals surface area contributed by atoms with Gasteiger partial charge in [-0.3, -0.25) is 4.79 Å². The third kappa shape index (κ3) is 6.47. The lowest BCUT2D eigenvalue weighted by molar-refractivity contribution is 0.0954. The summed E-state index contributed by atoms with van der Waals surface area (Å²) in [6, 6.07) is 11.6. The number of nitrogens with one attached hydrogen (secondary N) is 2. The van der Waals surface area contributed by atoms with Crippen LogP contribution in [0.15, 0.2) is 47.4 Å². The molecule has 7 nitrogen and oxygen atoms in total. The van der Waals surface area contributed by atoms with Crippen LogP contribution in [0.3, 0.4) is 0 Å². The molecule has 0 fully saturated rings. The Morgan fingerprint density at radius 1 is 0.931 bits per heavy atom. The highest BCUT2D eigenvalue weighted by Crippen LogP contribution is 2.28. The smallest absolute Gasteiger partial charge is 0.251 e. The van der Waals surface area contributed by atoms with Crippen LogP contribution in [0, 0.1) is 0 Å². The second kappa shape index (κ2) is 10.8. The van der Waals surface area contributed by atoms with Gasteiger partial charge in [0, 0.05) is 18.7 Å². The van der Waals surface area contributed by atoms with Gasteiger partial charge in [0.2, 0.25) is 10.0 Å². The topological polar surface area (TPSA) is 93.7 Å². The van der Waals surface area contributed by atoms with Crippen molar-refractivity contribution in [1.29, 1.82) is 0 Å². The van der Waals surface area contributed by atoms with E-state index in [0.717, 1.165) is 5.56 Å². The van der Waals surface area contributed by atoms with E-state index in [1.54, 1.807) is 6.92 Å². The van der Waals surface area contributed by atoms with E-state index in [1.165, 1.54) is 24.3 Å². The lowest BCUT2D eigenvalue weighted by Gasteiger charge is -2.12. The predicted octanol–water partition coefficient (Wildman–Crippen LogP) is 2.75. The molecule has 29 heavy (non-hydrogen) atoms. The van der Waals surface area contributed by atoms with Gasteiger partial charge in [-0.1, -0.05) is 13.0 Å². The van der Waals surface area contributed by atoms with Crippen molar-refractivity contribution < 1.29 is 22.7 Å². The van der Waals surface area contributed by atoms with Crippen LogP contribution in [-0.4, -0.2) is 40.6 Å². The summed E-state index contributed by atoms with van der Waals surface area (Å²) in [5.74, 6) is 1.14. The van der Waals surface area contributed by atoms with Crippen LogP contribution in [0.25, 0.3) is 0 Å². The third-order valence-corrected chi connectivity index (χ3v) is 5.63. The molecule has 0 aliphatic heterocycles. The number of amides is 1. The van der Waals surface area contributed by atoms with Crippen LogP contribution < -0.4 is 19.5 Å². The fourth-order valence-electron chi connectivity index (χ4n) is 2.73. The Hall–Kier alpha value is -2.58. The molecule has 0 aromatic heterocycles. The Labute approximate surface area is 172 Å². The van der Waals surface area contributed by atoms with Gasteiger partial charge >= 0.3 is 0 Å². The lowest BCUT2D eigenvalue weighted by atomic mass is 10.1. The molecule has 8 heteroatoms. The first-order valence-corrected chi connectivity index (χ1v) is 11.2. The number of carbonyl (C=O) groups excluding carboxylic acids is 1. The zero-order valence-electron chi connectivity index (χ0n) is 17.0. The number of ether oxygens (including phenoxy) is 2. The van der Waals surface area contributed by atoms with Crippen LogP contribution in [0.5, 0.6) is 11.5 Å². The highest BCUT2D eigenvalue weighted by atomic mass is 32.2. The van der Waals surface area contributed by atoms with Gasteiger partial charge in [0.15, 0.2) is 11.5 Å². The summed E-state index contributed by atoms with van der Waals surface area (Å²) >= 11 is 0. The van der Waals surface area contributed by atoms with Crippen molar-refractivity contribution in [2.24, 2.45) is 0 Å². The zero-order valence-corrected chi connectivity index (χ0v) is 17.8. The number of hydrogen-bond acceptors (Lipinski definition) is 5. The molecule has 0 spiro atoms. The molecule has 1 amide bonds. The second-order valence-corrected chi connectivity index (χ2v) is 7.95. The maximum atomic E-state index is 12.3. The summed E-state index contributed by atoms with van der Waals surface area (Å²) in [5, 5.41) is 2.85. The summed E-state index contributed by atoms with van der Waals surface area (Å²) in [7, 11) is -3.53. The van der Waals surface area contributed by atoms with E-state index >= 15 is 0 Å². The highest BCUT2D eigenvalue weighted by molar-refractivity contribution is 7.89. The second-order valence-electron chi connectivity index (χ2n) is 6.18. The van der Waals surface area contributed by atoms with Crippen molar-refractivity contribution in [1.82, 2.24) is 10.0 Å². The molecule has 0 bridgehead atoms. The molecule has 0 unspecified atom stereocenters. The SMILES string of the molecule is CCNS(=O)(=O)c1ccc(C(=O)NCCc2ccc(OCC)c(OCC)c2)cc1. The number of carbonyl (C=O) groups is 1. The quantitative estimate of drug-likeness (QED) is 0.583. The van der Waals surface area contributed by atoms with Gasteiger partial charge in [0.1, 0.15) is 0 Å². The largest absolute Gasteiger partial charge is 0.490 e. The summed E-state index contributed by atoms with van der Waals surface area (Å²) in [6.07, 6.45) is 0.630. The Kier molecular flexibility index (Phi) is 8.48. The van der Waals surface area contributed by atoms with Crippen molar-refractivity contribution in [3.8, 4) is 11.5 Å². The molecule has 0 saturated heterocycles. The van der Waals surface area contributed by atoms with E-state index in [0.29, 0.717) is 49.8 Å². The van der Waals surface area contributed by atoms with Gasteiger partial charge in [-0.05, 0) is 62.2 Å². The minimum Gasteiger partial charge on any atom is -0.490 e. The van der Waals surface area contributed by atoms with Crippen molar-refractivity contribution in [3.05, 3.63) is 53.6 Å². The summed E-state index contributed by atoms with van der Waals surface area (Å²) in [6.45, 7) is 7.39. The molecular weight excluding hydrogens is 392 g/mol. The number of hydrogen-bond donors (Lipinski definition) is 2. The first-order valence-electron chi connectivity index (χ1n) is 9.67. The Bertz CT molecular complexity index is 911. The van der Waals surface area contributed by atoms with Crippen LogP contribution in [0.4, 0.5) is 0 Å². The summed E-state index contributed by atoms with van der Waals surface area (Å²) < 4.78 is 37.5. The van der Waals surface area contributed by atoms with E-state index in [4.69, 9.17) is 9.47 Å². The standard InChI is InChI=1S/C21H28N2O5S/c1-4-23-29(25,26)18-10-8-17(9-11-18)21(24)22-14-13-16-7-12-19(27-5-2)20(15-16)28-6-3/h7-12,15,23H,4-6,13-14H2,1-3H3,(H,22,24). The molecule has 2 N–H and O–H groups in total. The average Bonchev–Trinajstić information content (AvgIpc) is 2.70. The van der Waals surface area contributed by atoms with Crippen LogP contribution in [0.1, 0.15) is 36.7 Å². The molecule has 0 aliphatic rings. The van der Waals surface area contributed by atoms with Gasteiger partial charge < -0.3 is 14.8 Å². The number of sulfonamides is 1. The minimum atomic E-state index is -3.53. The fraction of sp³-hybridized carbons (Fsp3) is 0.381. The van der Waals surface area contributed by atoms with Crippen molar-refractivity contribution >= 4 is 15.9 Å². The first-order chi connectivity index (χ1) is 13.9. The van der Waals surface area contributed by atoms with Crippen LogP contribution in [-0.2, 0) is 16.4 Å². The average molecular weight is 421 g/mol. The molecule has 2 rings (SSSR count). The van der Waals surface area contributed by atoms with Crippen LogP contribution >= 0.6 is 0 Å². The molecule has 2 aromatic carbocycles. The Morgan fingerprint density at radius 2 is 1.59 bits per heavy atom. The first kappa shape index (κ1) is 22.7. The third-order valence-electron chi connectivity index (χ3n) is 4.07. The minimum absolute atomic E-state index is 0.133.